The number of nitrogens with one attached hydrogen (secondary N) is 1. The van der Waals surface area contributed by atoms with E-state index in [1.165, 1.54) is 19.8 Å². The third-order valence-corrected chi connectivity index (χ3v) is 3.50. The molecule has 2 N–H and O–H groups in total. The number of carboxylic acids is 1. The standard InChI is InChI=1S/C15H30N2O4.Na/c1-3-4-5-6-7-8-14(19)16-9-10-17(11-12-18)13(2)15(20)21;/h13,18H,3-12H2,1-2H3,(H,16,19)(H,20,21);/q;+1/p-1. The average Bonchev–Trinajstić information content (AvgIpc) is 2.45. The van der Waals surface area contributed by atoms with Crippen LogP contribution < -0.4 is 40.0 Å². The van der Waals surface area contributed by atoms with Crippen LogP contribution in [-0.2, 0) is 9.59 Å². The Hall–Kier alpha value is -0.140. The van der Waals surface area contributed by atoms with Gasteiger partial charge in [0.2, 0.25) is 5.91 Å². The molecular formula is C15H29N2NaO4. The Labute approximate surface area is 155 Å². The molecule has 6 nitrogen and oxygen atoms in total. The molecule has 0 spiro atoms. The van der Waals surface area contributed by atoms with Gasteiger partial charge in [-0.15, -0.1) is 0 Å². The minimum Gasteiger partial charge on any atom is -0.548 e. The summed E-state index contributed by atoms with van der Waals surface area (Å²) in [6.45, 7) is 4.56. The molecule has 0 aromatic heterocycles. The maximum atomic E-state index is 11.6. The van der Waals surface area contributed by atoms with E-state index in [0.717, 1.165) is 19.3 Å². The molecule has 0 radical (unpaired) electrons. The van der Waals surface area contributed by atoms with Crippen LogP contribution in [0.3, 0.4) is 0 Å². The summed E-state index contributed by atoms with van der Waals surface area (Å²) in [7, 11) is 0. The molecule has 0 saturated carbocycles. The van der Waals surface area contributed by atoms with Crippen LogP contribution in [0.5, 0.6) is 0 Å². The predicted molar refractivity (Wildman–Crippen MR) is 79.5 cm³/mol. The molecule has 0 fully saturated rings. The first kappa shape index (κ1) is 24.1. The summed E-state index contributed by atoms with van der Waals surface area (Å²) in [5.41, 5.74) is 0. The number of amides is 1. The molecule has 1 atom stereocenters. The van der Waals surface area contributed by atoms with Crippen molar-refractivity contribution in [3.05, 3.63) is 0 Å². The number of hydrogen-bond acceptors (Lipinski definition) is 5. The van der Waals surface area contributed by atoms with Gasteiger partial charge in [0.1, 0.15) is 0 Å². The molecule has 1 amide bonds. The SMILES string of the molecule is CCCCCCCC(=O)NCCN(CCO)C(C)C(=O)[O-].[Na+]. The van der Waals surface area contributed by atoms with Crippen molar-refractivity contribution in [2.45, 2.75) is 58.4 Å². The largest absolute Gasteiger partial charge is 1.00 e. The van der Waals surface area contributed by atoms with E-state index in [-0.39, 0.29) is 48.6 Å². The monoisotopic (exact) mass is 324 g/mol. The van der Waals surface area contributed by atoms with Gasteiger partial charge in [0.25, 0.3) is 0 Å². The van der Waals surface area contributed by atoms with Crippen LogP contribution in [0.2, 0.25) is 0 Å². The number of hydrogen-bond donors (Lipinski definition) is 2. The third-order valence-electron chi connectivity index (χ3n) is 3.50. The molecule has 7 heteroatoms. The van der Waals surface area contributed by atoms with Gasteiger partial charge in [-0.3, -0.25) is 9.69 Å². The molecule has 0 aromatic rings. The van der Waals surface area contributed by atoms with Gasteiger partial charge in [0.15, 0.2) is 0 Å². The van der Waals surface area contributed by atoms with E-state index in [4.69, 9.17) is 5.11 Å². The fourth-order valence-electron chi connectivity index (χ4n) is 2.09. The Balaban J connectivity index is 0. The maximum absolute atomic E-state index is 11.6. The topological polar surface area (TPSA) is 92.7 Å². The van der Waals surface area contributed by atoms with Crippen molar-refractivity contribution >= 4 is 11.9 Å². The number of aliphatic carboxylic acids is 1. The molecule has 0 aliphatic heterocycles. The Bertz CT molecular complexity index is 303. The average molecular weight is 324 g/mol. The zero-order chi connectivity index (χ0) is 16.1. The minimum absolute atomic E-state index is 0. The molecule has 0 aliphatic rings. The van der Waals surface area contributed by atoms with Crippen LogP contribution >= 0.6 is 0 Å². The summed E-state index contributed by atoms with van der Waals surface area (Å²) in [5.74, 6) is -1.18. The van der Waals surface area contributed by atoms with E-state index >= 15 is 0 Å². The van der Waals surface area contributed by atoms with Gasteiger partial charge >= 0.3 is 29.6 Å². The molecule has 124 valence electrons. The van der Waals surface area contributed by atoms with E-state index in [1.54, 1.807) is 4.90 Å². The molecule has 0 heterocycles. The van der Waals surface area contributed by atoms with Gasteiger partial charge in [-0.05, 0) is 13.3 Å². The Morgan fingerprint density at radius 1 is 1.18 bits per heavy atom. The van der Waals surface area contributed by atoms with Crippen LogP contribution in [0.25, 0.3) is 0 Å². The third kappa shape index (κ3) is 12.4. The van der Waals surface area contributed by atoms with E-state index in [9.17, 15) is 14.7 Å². The summed E-state index contributed by atoms with van der Waals surface area (Å²) < 4.78 is 0. The zero-order valence-electron chi connectivity index (χ0n) is 14.3. The van der Waals surface area contributed by atoms with Crippen LogP contribution in [0.1, 0.15) is 52.4 Å². The van der Waals surface area contributed by atoms with Crippen LogP contribution in [-0.4, -0.2) is 54.2 Å². The number of aliphatic hydroxyl groups excluding tert-OH is 1. The van der Waals surface area contributed by atoms with Crippen molar-refractivity contribution in [2.24, 2.45) is 0 Å². The summed E-state index contributed by atoms with van der Waals surface area (Å²) >= 11 is 0. The molecular weight excluding hydrogens is 295 g/mol. The van der Waals surface area contributed by atoms with Crippen LogP contribution in [0.4, 0.5) is 0 Å². The zero-order valence-corrected chi connectivity index (χ0v) is 16.3. The van der Waals surface area contributed by atoms with Gasteiger partial charge in [0, 0.05) is 32.1 Å². The van der Waals surface area contributed by atoms with Crippen molar-refractivity contribution in [2.75, 3.05) is 26.2 Å². The molecule has 0 bridgehead atoms. The van der Waals surface area contributed by atoms with Crippen molar-refractivity contribution in [3.63, 3.8) is 0 Å². The summed E-state index contributed by atoms with van der Waals surface area (Å²) in [6.07, 6.45) is 6.03. The number of carbonyl (C=O) groups excluding carboxylic acids is 2. The molecule has 0 aliphatic carbocycles. The van der Waals surface area contributed by atoms with Gasteiger partial charge in [-0.1, -0.05) is 32.6 Å². The first-order valence-corrected chi connectivity index (χ1v) is 7.85. The Morgan fingerprint density at radius 3 is 2.36 bits per heavy atom. The fraction of sp³-hybridized carbons (Fsp3) is 0.867. The van der Waals surface area contributed by atoms with E-state index in [1.807, 2.05) is 0 Å². The minimum atomic E-state index is -1.18. The van der Waals surface area contributed by atoms with Gasteiger partial charge in [-0.2, -0.15) is 0 Å². The van der Waals surface area contributed by atoms with Crippen LogP contribution in [0, 0.1) is 0 Å². The first-order valence-electron chi connectivity index (χ1n) is 7.85. The van der Waals surface area contributed by atoms with Crippen molar-refractivity contribution < 1.29 is 49.4 Å². The Morgan fingerprint density at radius 2 is 1.82 bits per heavy atom. The quantitative estimate of drug-likeness (QED) is 0.277. The molecule has 0 rings (SSSR count). The normalized spacial score (nSPS) is 11.8. The number of carboxylic acid groups (broad SMARTS) is 1. The molecule has 1 unspecified atom stereocenters. The number of aliphatic hydroxyl groups is 1. The van der Waals surface area contributed by atoms with Crippen LogP contribution in [0.15, 0.2) is 0 Å². The second kappa shape index (κ2) is 15.7. The Kier molecular flexibility index (Phi) is 17.3. The van der Waals surface area contributed by atoms with E-state index < -0.39 is 12.0 Å². The molecule has 0 saturated heterocycles. The van der Waals surface area contributed by atoms with E-state index in [0.29, 0.717) is 19.5 Å². The van der Waals surface area contributed by atoms with E-state index in [2.05, 4.69) is 12.2 Å². The fourth-order valence-corrected chi connectivity index (χ4v) is 2.09. The smallest absolute Gasteiger partial charge is 0.548 e. The second-order valence-corrected chi connectivity index (χ2v) is 5.27. The van der Waals surface area contributed by atoms with Gasteiger partial charge < -0.3 is 20.3 Å². The number of carbonyl (C=O) groups is 2. The van der Waals surface area contributed by atoms with Gasteiger partial charge in [0.05, 0.1) is 12.6 Å². The van der Waals surface area contributed by atoms with Crippen molar-refractivity contribution in [1.29, 1.82) is 0 Å². The number of rotatable bonds is 13. The summed E-state index contributed by atoms with van der Waals surface area (Å²) in [4.78, 5) is 24.0. The second-order valence-electron chi connectivity index (χ2n) is 5.27. The number of nitrogens with zero attached hydrogens (tertiary/aromatic N) is 1. The number of unbranched alkanes of at least 4 members (excludes halogenated alkanes) is 4. The van der Waals surface area contributed by atoms with Crippen molar-refractivity contribution in [1.82, 2.24) is 10.2 Å². The summed E-state index contributed by atoms with van der Waals surface area (Å²) in [5, 5.41) is 22.5. The van der Waals surface area contributed by atoms with Crippen molar-refractivity contribution in [3.8, 4) is 0 Å². The van der Waals surface area contributed by atoms with Gasteiger partial charge in [-0.25, -0.2) is 0 Å². The predicted octanol–water partition coefficient (Wildman–Crippen LogP) is -3.10. The maximum Gasteiger partial charge on any atom is 1.00 e. The molecule has 22 heavy (non-hydrogen) atoms. The summed E-state index contributed by atoms with van der Waals surface area (Å²) in [6, 6.07) is -0.775. The molecule has 0 aromatic carbocycles. The first-order chi connectivity index (χ1) is 10.0.